The van der Waals surface area contributed by atoms with Crippen LogP contribution in [0.5, 0.6) is 5.75 Å². The van der Waals surface area contributed by atoms with Crippen LogP contribution in [0.1, 0.15) is 18.3 Å². The van der Waals surface area contributed by atoms with Crippen LogP contribution in [-0.4, -0.2) is 37.4 Å². The lowest BCUT2D eigenvalue weighted by molar-refractivity contribution is -0.116. The Hall–Kier alpha value is -3.33. The summed E-state index contributed by atoms with van der Waals surface area (Å²) in [4.78, 5) is 24.5. The molecule has 0 aliphatic rings. The standard InChI is InChI=1S/C21H23N5O3S/c1-3-26-18(12-19(28)22-15-9-7-14(2)8-10-15)24-25-21(26)30-13-20(29)23-16-5-4-6-17(27)11-16/h4-11,27H,3,12-13H2,1-2H3,(H,22,28)(H,23,29). The largest absolute Gasteiger partial charge is 0.508 e. The highest BCUT2D eigenvalue weighted by Gasteiger charge is 2.16. The summed E-state index contributed by atoms with van der Waals surface area (Å²) in [6.07, 6.45) is 0.0881. The number of nitrogens with one attached hydrogen (secondary N) is 2. The predicted octanol–water partition coefficient (Wildman–Crippen LogP) is 3.22. The van der Waals surface area contributed by atoms with E-state index in [1.807, 2.05) is 42.7 Å². The Morgan fingerprint density at radius 2 is 1.77 bits per heavy atom. The maximum absolute atomic E-state index is 12.4. The highest BCUT2D eigenvalue weighted by Crippen LogP contribution is 2.20. The van der Waals surface area contributed by atoms with E-state index in [-0.39, 0.29) is 29.7 Å². The van der Waals surface area contributed by atoms with Crippen molar-refractivity contribution in [2.45, 2.75) is 32.0 Å². The Morgan fingerprint density at radius 3 is 2.47 bits per heavy atom. The van der Waals surface area contributed by atoms with E-state index in [0.29, 0.717) is 23.2 Å². The maximum atomic E-state index is 12.4. The third-order valence-corrected chi connectivity index (χ3v) is 5.19. The highest BCUT2D eigenvalue weighted by atomic mass is 32.2. The fourth-order valence-electron chi connectivity index (χ4n) is 2.77. The molecule has 0 bridgehead atoms. The first-order valence-corrected chi connectivity index (χ1v) is 10.4. The number of aromatic nitrogens is 3. The number of phenols is 1. The highest BCUT2D eigenvalue weighted by molar-refractivity contribution is 7.99. The Kier molecular flexibility index (Phi) is 7.08. The van der Waals surface area contributed by atoms with E-state index >= 15 is 0 Å². The number of aromatic hydroxyl groups is 1. The number of rotatable bonds is 8. The average Bonchev–Trinajstić information content (AvgIpc) is 3.09. The van der Waals surface area contributed by atoms with Gasteiger partial charge in [0.2, 0.25) is 11.8 Å². The van der Waals surface area contributed by atoms with Gasteiger partial charge in [-0.3, -0.25) is 9.59 Å². The lowest BCUT2D eigenvalue weighted by atomic mass is 10.2. The second-order valence-corrected chi connectivity index (χ2v) is 7.56. The summed E-state index contributed by atoms with van der Waals surface area (Å²) < 4.78 is 1.82. The molecule has 1 heterocycles. The molecule has 0 saturated carbocycles. The van der Waals surface area contributed by atoms with Crippen LogP contribution >= 0.6 is 11.8 Å². The first-order valence-electron chi connectivity index (χ1n) is 9.45. The molecule has 0 radical (unpaired) electrons. The topological polar surface area (TPSA) is 109 Å². The Labute approximate surface area is 178 Å². The first-order chi connectivity index (χ1) is 14.4. The summed E-state index contributed by atoms with van der Waals surface area (Å²) in [6.45, 7) is 4.50. The van der Waals surface area contributed by atoms with Crippen LogP contribution in [0.2, 0.25) is 0 Å². The molecular weight excluding hydrogens is 402 g/mol. The van der Waals surface area contributed by atoms with Gasteiger partial charge in [-0.15, -0.1) is 10.2 Å². The molecule has 156 valence electrons. The van der Waals surface area contributed by atoms with Crippen LogP contribution in [0.15, 0.2) is 53.7 Å². The molecule has 9 heteroatoms. The van der Waals surface area contributed by atoms with Crippen LogP contribution in [0, 0.1) is 6.92 Å². The third-order valence-electron chi connectivity index (χ3n) is 4.23. The van der Waals surface area contributed by atoms with Crippen molar-refractivity contribution in [2.75, 3.05) is 16.4 Å². The molecule has 30 heavy (non-hydrogen) atoms. The van der Waals surface area contributed by atoms with Gasteiger partial charge in [0.1, 0.15) is 11.6 Å². The van der Waals surface area contributed by atoms with E-state index in [4.69, 9.17) is 0 Å². The second-order valence-electron chi connectivity index (χ2n) is 6.62. The van der Waals surface area contributed by atoms with Crippen molar-refractivity contribution in [1.82, 2.24) is 14.8 Å². The Morgan fingerprint density at radius 1 is 1.03 bits per heavy atom. The molecule has 0 atom stereocenters. The number of phenolic OH excluding ortho intramolecular Hbond substituents is 1. The minimum absolute atomic E-state index is 0.0831. The van der Waals surface area contributed by atoms with Gasteiger partial charge in [0, 0.05) is 24.0 Å². The monoisotopic (exact) mass is 425 g/mol. The predicted molar refractivity (Wildman–Crippen MR) is 117 cm³/mol. The molecule has 8 nitrogen and oxygen atoms in total. The molecule has 3 rings (SSSR count). The van der Waals surface area contributed by atoms with Gasteiger partial charge in [-0.2, -0.15) is 0 Å². The number of carbonyl (C=O) groups excluding carboxylic acids is 2. The minimum Gasteiger partial charge on any atom is -0.508 e. The van der Waals surface area contributed by atoms with Gasteiger partial charge in [0.15, 0.2) is 5.16 Å². The lowest BCUT2D eigenvalue weighted by Gasteiger charge is -2.09. The molecule has 2 aromatic carbocycles. The smallest absolute Gasteiger partial charge is 0.234 e. The fourth-order valence-corrected chi connectivity index (χ4v) is 3.59. The van der Waals surface area contributed by atoms with Crippen LogP contribution < -0.4 is 10.6 Å². The molecule has 0 fully saturated rings. The zero-order valence-corrected chi connectivity index (χ0v) is 17.6. The molecule has 3 N–H and O–H groups in total. The van der Waals surface area contributed by atoms with Gasteiger partial charge in [-0.1, -0.05) is 35.5 Å². The van der Waals surface area contributed by atoms with Crippen molar-refractivity contribution in [3.8, 4) is 5.75 Å². The molecule has 3 aromatic rings. The van der Waals surface area contributed by atoms with Gasteiger partial charge < -0.3 is 20.3 Å². The second kappa shape index (κ2) is 9.93. The number of amides is 2. The van der Waals surface area contributed by atoms with E-state index in [2.05, 4.69) is 20.8 Å². The van der Waals surface area contributed by atoms with Gasteiger partial charge in [0.05, 0.1) is 12.2 Å². The van der Waals surface area contributed by atoms with E-state index in [0.717, 1.165) is 11.3 Å². The zero-order chi connectivity index (χ0) is 21.5. The lowest BCUT2D eigenvalue weighted by Crippen LogP contribution is -2.18. The summed E-state index contributed by atoms with van der Waals surface area (Å²) in [5, 5.41) is 23.9. The van der Waals surface area contributed by atoms with Gasteiger partial charge in [0.25, 0.3) is 0 Å². The average molecular weight is 426 g/mol. The number of carbonyl (C=O) groups is 2. The molecular formula is C21H23N5O3S. The number of hydrogen-bond donors (Lipinski definition) is 3. The molecule has 0 aliphatic heterocycles. The molecule has 0 saturated heterocycles. The van der Waals surface area contributed by atoms with Crippen molar-refractivity contribution in [2.24, 2.45) is 0 Å². The van der Waals surface area contributed by atoms with Crippen molar-refractivity contribution >= 4 is 35.0 Å². The normalized spacial score (nSPS) is 10.6. The maximum Gasteiger partial charge on any atom is 0.234 e. The van der Waals surface area contributed by atoms with E-state index in [1.54, 1.807) is 12.1 Å². The summed E-state index contributed by atoms with van der Waals surface area (Å²) in [6, 6.07) is 13.9. The summed E-state index contributed by atoms with van der Waals surface area (Å²) in [5.41, 5.74) is 2.37. The SMILES string of the molecule is CCn1c(CC(=O)Nc2ccc(C)cc2)nnc1SCC(=O)Nc1cccc(O)c1. The first kappa shape index (κ1) is 21.4. The minimum atomic E-state index is -0.227. The number of nitrogens with zero attached hydrogens (tertiary/aromatic N) is 3. The molecule has 0 aliphatic carbocycles. The molecule has 1 aromatic heterocycles. The van der Waals surface area contributed by atoms with E-state index in [1.165, 1.54) is 23.9 Å². The molecule has 2 amide bonds. The van der Waals surface area contributed by atoms with Gasteiger partial charge in [-0.25, -0.2) is 0 Å². The van der Waals surface area contributed by atoms with Crippen molar-refractivity contribution in [3.63, 3.8) is 0 Å². The summed E-state index contributed by atoms with van der Waals surface area (Å²) in [7, 11) is 0. The summed E-state index contributed by atoms with van der Waals surface area (Å²) in [5.74, 6) is 0.343. The van der Waals surface area contributed by atoms with Crippen LogP contribution in [0.4, 0.5) is 11.4 Å². The van der Waals surface area contributed by atoms with Crippen molar-refractivity contribution < 1.29 is 14.7 Å². The number of benzene rings is 2. The van der Waals surface area contributed by atoms with Crippen molar-refractivity contribution in [1.29, 1.82) is 0 Å². The van der Waals surface area contributed by atoms with Gasteiger partial charge in [-0.05, 0) is 38.1 Å². The summed E-state index contributed by atoms with van der Waals surface area (Å²) >= 11 is 1.24. The Bertz CT molecular complexity index is 1030. The fraction of sp³-hybridized carbons (Fsp3) is 0.238. The van der Waals surface area contributed by atoms with Crippen LogP contribution in [-0.2, 0) is 22.6 Å². The quantitative estimate of drug-likeness (QED) is 0.478. The number of hydrogen-bond acceptors (Lipinski definition) is 6. The van der Waals surface area contributed by atoms with Gasteiger partial charge >= 0.3 is 0 Å². The van der Waals surface area contributed by atoms with E-state index in [9.17, 15) is 14.7 Å². The number of aryl methyl sites for hydroxylation is 1. The number of anilines is 2. The van der Waals surface area contributed by atoms with Crippen LogP contribution in [0.25, 0.3) is 0 Å². The third kappa shape index (κ3) is 5.84. The van der Waals surface area contributed by atoms with Crippen molar-refractivity contribution in [3.05, 3.63) is 59.9 Å². The molecule has 0 unspecified atom stereocenters. The zero-order valence-electron chi connectivity index (χ0n) is 16.8. The molecule has 0 spiro atoms. The Balaban J connectivity index is 1.57. The number of thioether (sulfide) groups is 1. The van der Waals surface area contributed by atoms with E-state index < -0.39 is 0 Å². The van der Waals surface area contributed by atoms with Crippen LogP contribution in [0.3, 0.4) is 0 Å².